The van der Waals surface area contributed by atoms with Gasteiger partial charge in [0.2, 0.25) is 5.95 Å². The van der Waals surface area contributed by atoms with Gasteiger partial charge in [-0.25, -0.2) is 9.97 Å². The first kappa shape index (κ1) is 17.9. The Balaban J connectivity index is 1.54. The highest BCUT2D eigenvalue weighted by molar-refractivity contribution is 5.78. The van der Waals surface area contributed by atoms with Gasteiger partial charge < -0.3 is 20.6 Å². The Morgan fingerprint density at radius 2 is 1.80 bits per heavy atom. The predicted molar refractivity (Wildman–Crippen MR) is 99.5 cm³/mol. The molecule has 0 spiro atoms. The lowest BCUT2D eigenvalue weighted by atomic mass is 9.72. The summed E-state index contributed by atoms with van der Waals surface area (Å²) >= 11 is 0. The molecule has 0 unspecified atom stereocenters. The summed E-state index contributed by atoms with van der Waals surface area (Å²) in [6.07, 6.45) is 10.5. The highest BCUT2D eigenvalue weighted by Crippen LogP contribution is 2.39. The number of guanidine groups is 1. The first-order valence-corrected chi connectivity index (χ1v) is 9.40. The van der Waals surface area contributed by atoms with Crippen LogP contribution in [0.1, 0.15) is 38.5 Å². The molecule has 138 valence electrons. The van der Waals surface area contributed by atoms with Gasteiger partial charge in [0.15, 0.2) is 5.96 Å². The van der Waals surface area contributed by atoms with Gasteiger partial charge in [0, 0.05) is 51.7 Å². The first-order chi connectivity index (χ1) is 12.2. The summed E-state index contributed by atoms with van der Waals surface area (Å²) in [6.45, 7) is 4.35. The quantitative estimate of drug-likeness (QED) is 0.616. The number of aliphatic hydroxyl groups excluding tert-OH is 1. The Labute approximate surface area is 150 Å². The summed E-state index contributed by atoms with van der Waals surface area (Å²) in [5, 5.41) is 9.43. The molecule has 25 heavy (non-hydrogen) atoms. The van der Waals surface area contributed by atoms with Crippen molar-refractivity contribution in [2.75, 3.05) is 44.2 Å². The number of hydrogen-bond acceptors (Lipinski definition) is 5. The van der Waals surface area contributed by atoms with Crippen molar-refractivity contribution in [2.24, 2.45) is 16.1 Å². The van der Waals surface area contributed by atoms with E-state index in [9.17, 15) is 5.11 Å². The second kappa shape index (κ2) is 8.47. The lowest BCUT2D eigenvalue weighted by Crippen LogP contribution is -2.51. The molecule has 1 aliphatic carbocycles. The number of nitrogens with two attached hydrogens (primary N) is 1. The smallest absolute Gasteiger partial charge is 0.225 e. The highest BCUT2D eigenvalue weighted by atomic mass is 16.3. The maximum Gasteiger partial charge on any atom is 0.225 e. The van der Waals surface area contributed by atoms with Crippen molar-refractivity contribution >= 4 is 11.9 Å². The van der Waals surface area contributed by atoms with Crippen LogP contribution in [0.15, 0.2) is 23.5 Å². The molecule has 7 nitrogen and oxygen atoms in total. The Kier molecular flexibility index (Phi) is 6.07. The maximum absolute atomic E-state index is 9.43. The summed E-state index contributed by atoms with van der Waals surface area (Å²) in [5.41, 5.74) is 6.42. The van der Waals surface area contributed by atoms with Crippen LogP contribution >= 0.6 is 0 Å². The standard InChI is InChI=1S/C18H30N6O/c19-16(22-15-18(7-14-25)5-2-1-3-6-18)23-10-12-24(13-11-23)17-20-8-4-9-21-17/h4,8-9,25H,1-3,5-7,10-15H2,(H2,19,22). The summed E-state index contributed by atoms with van der Waals surface area (Å²) in [7, 11) is 0. The molecule has 3 N–H and O–H groups in total. The molecule has 0 radical (unpaired) electrons. The van der Waals surface area contributed by atoms with Gasteiger partial charge in [-0.1, -0.05) is 19.3 Å². The van der Waals surface area contributed by atoms with Gasteiger partial charge in [0.05, 0.1) is 0 Å². The summed E-state index contributed by atoms with van der Waals surface area (Å²) in [5.74, 6) is 1.42. The zero-order valence-corrected chi connectivity index (χ0v) is 15.0. The number of anilines is 1. The van der Waals surface area contributed by atoms with Crippen molar-refractivity contribution < 1.29 is 5.11 Å². The lowest BCUT2D eigenvalue weighted by molar-refractivity contribution is 0.137. The van der Waals surface area contributed by atoms with Crippen LogP contribution in [-0.2, 0) is 0 Å². The fourth-order valence-electron chi connectivity index (χ4n) is 3.96. The summed E-state index contributed by atoms with van der Waals surface area (Å²) < 4.78 is 0. The van der Waals surface area contributed by atoms with E-state index in [-0.39, 0.29) is 12.0 Å². The number of rotatable bonds is 5. The van der Waals surface area contributed by atoms with E-state index in [0.717, 1.165) is 57.9 Å². The van der Waals surface area contributed by atoms with Gasteiger partial charge in [0.1, 0.15) is 0 Å². The topological polar surface area (TPSA) is 90.9 Å². The zero-order valence-electron chi connectivity index (χ0n) is 15.0. The molecule has 1 aromatic heterocycles. The van der Waals surface area contributed by atoms with Gasteiger partial charge in [-0.2, -0.15) is 0 Å². The minimum atomic E-state index is 0.150. The molecule has 1 aromatic rings. The third-order valence-corrected chi connectivity index (χ3v) is 5.57. The minimum absolute atomic E-state index is 0.150. The fraction of sp³-hybridized carbons (Fsp3) is 0.722. The second-order valence-electron chi connectivity index (χ2n) is 7.23. The zero-order chi connectivity index (χ0) is 17.5. The van der Waals surface area contributed by atoms with Crippen molar-refractivity contribution in [3.8, 4) is 0 Å². The highest BCUT2D eigenvalue weighted by Gasteiger charge is 2.31. The van der Waals surface area contributed by atoms with Crippen molar-refractivity contribution in [3.05, 3.63) is 18.5 Å². The second-order valence-corrected chi connectivity index (χ2v) is 7.23. The average Bonchev–Trinajstić information content (AvgIpc) is 2.68. The normalized spacial score (nSPS) is 21.4. The van der Waals surface area contributed by atoms with E-state index in [1.165, 1.54) is 19.3 Å². The van der Waals surface area contributed by atoms with Gasteiger partial charge in [-0.15, -0.1) is 0 Å². The molecule has 2 fully saturated rings. The number of piperazine rings is 1. The summed E-state index contributed by atoms with van der Waals surface area (Å²) in [6, 6.07) is 1.83. The van der Waals surface area contributed by atoms with Gasteiger partial charge >= 0.3 is 0 Å². The molecule has 0 aromatic carbocycles. The van der Waals surface area contributed by atoms with E-state index in [2.05, 4.69) is 19.8 Å². The van der Waals surface area contributed by atoms with Crippen LogP contribution in [0, 0.1) is 5.41 Å². The molecule has 0 bridgehead atoms. The van der Waals surface area contributed by atoms with Crippen LogP contribution < -0.4 is 10.6 Å². The van der Waals surface area contributed by atoms with Crippen LogP contribution in [0.5, 0.6) is 0 Å². The molecule has 1 saturated carbocycles. The van der Waals surface area contributed by atoms with Gasteiger partial charge in [-0.3, -0.25) is 4.99 Å². The maximum atomic E-state index is 9.43. The van der Waals surface area contributed by atoms with E-state index in [4.69, 9.17) is 10.7 Å². The van der Waals surface area contributed by atoms with Crippen LogP contribution in [0.3, 0.4) is 0 Å². The van der Waals surface area contributed by atoms with E-state index >= 15 is 0 Å². The largest absolute Gasteiger partial charge is 0.396 e. The number of aliphatic hydroxyl groups is 1. The van der Waals surface area contributed by atoms with Crippen LogP contribution in [-0.4, -0.2) is 65.3 Å². The Bertz CT molecular complexity index is 544. The summed E-state index contributed by atoms with van der Waals surface area (Å²) in [4.78, 5) is 17.7. The van der Waals surface area contributed by atoms with E-state index in [1.807, 2.05) is 6.07 Å². The number of hydrogen-bond donors (Lipinski definition) is 2. The van der Waals surface area contributed by atoms with Gasteiger partial charge in [0.25, 0.3) is 0 Å². The van der Waals surface area contributed by atoms with E-state index < -0.39 is 0 Å². The van der Waals surface area contributed by atoms with Crippen molar-refractivity contribution in [1.82, 2.24) is 14.9 Å². The monoisotopic (exact) mass is 346 g/mol. The van der Waals surface area contributed by atoms with E-state index in [0.29, 0.717) is 5.96 Å². The lowest BCUT2D eigenvalue weighted by Gasteiger charge is -2.37. The predicted octanol–water partition coefficient (Wildman–Crippen LogP) is 1.25. The average molecular weight is 346 g/mol. The molecule has 1 aliphatic heterocycles. The van der Waals surface area contributed by atoms with Gasteiger partial charge in [-0.05, 0) is 30.7 Å². The number of aromatic nitrogens is 2. The SMILES string of the molecule is NC(=NCC1(CCO)CCCCC1)N1CCN(c2ncccn2)CC1. The van der Waals surface area contributed by atoms with Crippen LogP contribution in [0.4, 0.5) is 5.95 Å². The minimum Gasteiger partial charge on any atom is -0.396 e. The Morgan fingerprint density at radius 3 is 2.44 bits per heavy atom. The Hall–Kier alpha value is -1.89. The van der Waals surface area contributed by atoms with Crippen molar-refractivity contribution in [1.29, 1.82) is 0 Å². The third-order valence-electron chi connectivity index (χ3n) is 5.57. The number of aliphatic imine (C=N–C) groups is 1. The van der Waals surface area contributed by atoms with Crippen LogP contribution in [0.2, 0.25) is 0 Å². The molecule has 3 rings (SSSR count). The molecule has 2 heterocycles. The van der Waals surface area contributed by atoms with Crippen molar-refractivity contribution in [2.45, 2.75) is 38.5 Å². The molecule has 0 amide bonds. The molecule has 1 saturated heterocycles. The number of nitrogens with zero attached hydrogens (tertiary/aromatic N) is 5. The molecular weight excluding hydrogens is 316 g/mol. The third kappa shape index (κ3) is 4.60. The van der Waals surface area contributed by atoms with Crippen molar-refractivity contribution in [3.63, 3.8) is 0 Å². The molecule has 2 aliphatic rings. The Morgan fingerprint density at radius 1 is 1.12 bits per heavy atom. The van der Waals surface area contributed by atoms with Crippen LogP contribution in [0.25, 0.3) is 0 Å². The van der Waals surface area contributed by atoms with E-state index in [1.54, 1.807) is 12.4 Å². The molecular formula is C18H30N6O. The molecule has 0 atom stereocenters. The first-order valence-electron chi connectivity index (χ1n) is 9.40. The molecule has 7 heteroatoms. The fourth-order valence-corrected chi connectivity index (χ4v) is 3.96.